The zero-order chi connectivity index (χ0) is 17.6. The number of ether oxygens (including phenoxy) is 1. The molecule has 0 bridgehead atoms. The molecule has 0 aliphatic heterocycles. The van der Waals surface area contributed by atoms with Gasteiger partial charge in [0.2, 0.25) is 0 Å². The van der Waals surface area contributed by atoms with Gasteiger partial charge in [-0.2, -0.15) is 0 Å². The van der Waals surface area contributed by atoms with Crippen molar-refractivity contribution in [1.29, 1.82) is 0 Å². The van der Waals surface area contributed by atoms with Gasteiger partial charge in [0.05, 0.1) is 19.8 Å². The van der Waals surface area contributed by atoms with Crippen molar-refractivity contribution in [3.8, 4) is 5.75 Å². The molecule has 3 aromatic rings. The Kier molecular flexibility index (Phi) is 5.71. The van der Waals surface area contributed by atoms with Crippen molar-refractivity contribution in [2.24, 2.45) is 0 Å². The molecule has 4 N–H and O–H groups in total. The fourth-order valence-corrected chi connectivity index (χ4v) is 3.08. The second-order valence-electron chi connectivity index (χ2n) is 6.11. The molecule has 1 aromatic heterocycles. The molecule has 132 valence electrons. The number of aromatic nitrogens is 1. The average Bonchev–Trinajstić information content (AvgIpc) is 3.09. The Bertz CT molecular complexity index is 798. The zero-order valence-corrected chi connectivity index (χ0v) is 14.3. The van der Waals surface area contributed by atoms with Gasteiger partial charge in [-0.25, -0.2) is 0 Å². The molecule has 2 atom stereocenters. The van der Waals surface area contributed by atoms with Crippen LogP contribution in [0.1, 0.15) is 17.0 Å². The Morgan fingerprint density at radius 2 is 1.84 bits per heavy atom. The molecule has 0 saturated carbocycles. The highest BCUT2D eigenvalue weighted by atomic mass is 16.5. The number of hydrogen-bond acceptors (Lipinski definition) is 4. The molecule has 3 rings (SSSR count). The normalized spacial score (nSPS) is 13.7. The van der Waals surface area contributed by atoms with Crippen LogP contribution >= 0.6 is 0 Å². The molecule has 0 aliphatic rings. The minimum absolute atomic E-state index is 0.118. The summed E-state index contributed by atoms with van der Waals surface area (Å²) in [4.78, 5) is 3.33. The summed E-state index contributed by atoms with van der Waals surface area (Å²) < 4.78 is 5.25. The maximum atomic E-state index is 9.58. The van der Waals surface area contributed by atoms with Gasteiger partial charge in [0.15, 0.2) is 0 Å². The third kappa shape index (κ3) is 4.02. The molecule has 2 aromatic carbocycles. The van der Waals surface area contributed by atoms with Gasteiger partial charge in [0.25, 0.3) is 0 Å². The quantitative estimate of drug-likeness (QED) is 0.507. The highest BCUT2D eigenvalue weighted by molar-refractivity contribution is 5.84. The van der Waals surface area contributed by atoms with E-state index in [0.29, 0.717) is 13.1 Å². The van der Waals surface area contributed by atoms with Crippen LogP contribution in [0.5, 0.6) is 5.75 Å². The molecule has 0 saturated heterocycles. The molecule has 0 radical (unpaired) electrons. The van der Waals surface area contributed by atoms with Crippen LogP contribution in [-0.2, 0) is 0 Å². The smallest absolute Gasteiger partial charge is 0.118 e. The van der Waals surface area contributed by atoms with Gasteiger partial charge in [-0.15, -0.1) is 0 Å². The van der Waals surface area contributed by atoms with Crippen LogP contribution in [0.4, 0.5) is 0 Å². The number of hydrogen-bond donors (Lipinski definition) is 4. The van der Waals surface area contributed by atoms with E-state index in [1.54, 1.807) is 7.11 Å². The summed E-state index contributed by atoms with van der Waals surface area (Å²) in [6, 6.07) is 16.3. The van der Waals surface area contributed by atoms with Gasteiger partial charge < -0.3 is 25.3 Å². The van der Waals surface area contributed by atoms with Crippen LogP contribution in [0.15, 0.2) is 54.7 Å². The Hall–Kier alpha value is -2.34. The van der Waals surface area contributed by atoms with Crippen molar-refractivity contribution in [2.45, 2.75) is 12.0 Å². The van der Waals surface area contributed by atoms with E-state index in [-0.39, 0.29) is 12.5 Å². The van der Waals surface area contributed by atoms with Crippen LogP contribution < -0.4 is 10.1 Å². The second-order valence-corrected chi connectivity index (χ2v) is 6.11. The van der Waals surface area contributed by atoms with Crippen molar-refractivity contribution in [1.82, 2.24) is 10.3 Å². The Morgan fingerprint density at radius 1 is 1.08 bits per heavy atom. The number of aliphatic hydroxyl groups is 2. The predicted molar refractivity (Wildman–Crippen MR) is 99.1 cm³/mol. The number of aliphatic hydroxyl groups excluding tert-OH is 2. The highest BCUT2D eigenvalue weighted by Gasteiger charge is 2.18. The number of benzene rings is 2. The van der Waals surface area contributed by atoms with Crippen LogP contribution in [0.2, 0.25) is 0 Å². The molecular weight excluding hydrogens is 316 g/mol. The Balaban J connectivity index is 1.90. The monoisotopic (exact) mass is 340 g/mol. The van der Waals surface area contributed by atoms with E-state index < -0.39 is 6.10 Å². The molecular formula is C20H24N2O3. The molecule has 0 amide bonds. The number of nitrogens with one attached hydrogen (secondary N) is 2. The number of para-hydroxylation sites is 1. The standard InChI is InChI=1S/C20H24N2O3/c1-25-16-8-6-14(7-9-16)18(11-21-10-15(24)13-23)19-12-22-20-5-3-2-4-17(19)20/h2-9,12,15,18,21-24H,10-11,13H2,1H3/t15-,18-/m1/s1. The first-order valence-corrected chi connectivity index (χ1v) is 8.42. The summed E-state index contributed by atoms with van der Waals surface area (Å²) in [5.74, 6) is 0.943. The first kappa shape index (κ1) is 17.5. The van der Waals surface area contributed by atoms with E-state index in [1.165, 1.54) is 10.9 Å². The molecule has 1 heterocycles. The minimum atomic E-state index is -0.750. The number of methoxy groups -OCH3 is 1. The summed E-state index contributed by atoms with van der Waals surface area (Å²) in [5.41, 5.74) is 3.47. The maximum Gasteiger partial charge on any atom is 0.118 e. The Morgan fingerprint density at radius 3 is 2.56 bits per heavy atom. The maximum absolute atomic E-state index is 9.58. The van der Waals surface area contributed by atoms with Gasteiger partial charge in [-0.1, -0.05) is 30.3 Å². The SMILES string of the molecule is COc1ccc([C@@H](CNC[C@@H](O)CO)c2c[nH]c3ccccc23)cc1. The second kappa shape index (κ2) is 8.16. The van der Waals surface area contributed by atoms with Crippen LogP contribution in [0, 0.1) is 0 Å². The lowest BCUT2D eigenvalue weighted by atomic mass is 9.90. The first-order valence-electron chi connectivity index (χ1n) is 8.42. The lowest BCUT2D eigenvalue weighted by molar-refractivity contribution is 0.0944. The van der Waals surface area contributed by atoms with E-state index >= 15 is 0 Å². The molecule has 0 unspecified atom stereocenters. The molecule has 5 nitrogen and oxygen atoms in total. The summed E-state index contributed by atoms with van der Waals surface area (Å²) in [6.45, 7) is 0.768. The van der Waals surface area contributed by atoms with Crippen LogP contribution in [-0.4, -0.2) is 48.1 Å². The van der Waals surface area contributed by atoms with Gasteiger partial charge in [0.1, 0.15) is 5.75 Å². The van der Waals surface area contributed by atoms with Crippen LogP contribution in [0.25, 0.3) is 10.9 Å². The van der Waals surface area contributed by atoms with E-state index in [2.05, 4.69) is 34.6 Å². The zero-order valence-electron chi connectivity index (χ0n) is 14.3. The van der Waals surface area contributed by atoms with E-state index in [9.17, 15) is 5.11 Å². The molecule has 25 heavy (non-hydrogen) atoms. The topological polar surface area (TPSA) is 77.5 Å². The molecule has 0 aliphatic carbocycles. The lowest BCUT2D eigenvalue weighted by Gasteiger charge is -2.19. The van der Waals surface area contributed by atoms with Crippen LogP contribution in [0.3, 0.4) is 0 Å². The molecule has 0 spiro atoms. The Labute approximate surface area is 147 Å². The average molecular weight is 340 g/mol. The number of H-pyrrole nitrogens is 1. The summed E-state index contributed by atoms with van der Waals surface area (Å²) in [7, 11) is 1.66. The van der Waals surface area contributed by atoms with Crippen molar-refractivity contribution in [2.75, 3.05) is 26.8 Å². The number of fused-ring (bicyclic) bond motifs is 1. The summed E-state index contributed by atoms with van der Waals surface area (Å²) in [6.07, 6.45) is 1.29. The number of rotatable bonds is 8. The third-order valence-corrected chi connectivity index (χ3v) is 4.45. The van der Waals surface area contributed by atoms with E-state index in [1.807, 2.05) is 30.5 Å². The first-order chi connectivity index (χ1) is 12.2. The number of aromatic amines is 1. The molecule has 5 heteroatoms. The van der Waals surface area contributed by atoms with Crippen molar-refractivity contribution >= 4 is 10.9 Å². The fraction of sp³-hybridized carbons (Fsp3) is 0.300. The van der Waals surface area contributed by atoms with Gasteiger partial charge in [0, 0.05) is 36.1 Å². The fourth-order valence-electron chi connectivity index (χ4n) is 3.08. The van der Waals surface area contributed by atoms with E-state index in [4.69, 9.17) is 9.84 Å². The van der Waals surface area contributed by atoms with E-state index in [0.717, 1.165) is 16.8 Å². The summed E-state index contributed by atoms with van der Waals surface area (Å²) >= 11 is 0. The summed E-state index contributed by atoms with van der Waals surface area (Å²) in [5, 5.41) is 23.0. The lowest BCUT2D eigenvalue weighted by Crippen LogP contribution is -2.32. The minimum Gasteiger partial charge on any atom is -0.497 e. The third-order valence-electron chi connectivity index (χ3n) is 4.45. The van der Waals surface area contributed by atoms with Crippen molar-refractivity contribution in [3.63, 3.8) is 0 Å². The highest BCUT2D eigenvalue weighted by Crippen LogP contribution is 2.31. The van der Waals surface area contributed by atoms with Gasteiger partial charge in [-0.05, 0) is 29.3 Å². The van der Waals surface area contributed by atoms with Gasteiger partial charge >= 0.3 is 0 Å². The predicted octanol–water partition coefficient (Wildman–Crippen LogP) is 2.25. The largest absolute Gasteiger partial charge is 0.497 e. The van der Waals surface area contributed by atoms with Crippen molar-refractivity contribution in [3.05, 3.63) is 65.9 Å². The van der Waals surface area contributed by atoms with Gasteiger partial charge in [-0.3, -0.25) is 0 Å². The molecule has 0 fully saturated rings. The van der Waals surface area contributed by atoms with Crippen molar-refractivity contribution < 1.29 is 14.9 Å².